The van der Waals surface area contributed by atoms with E-state index in [-0.39, 0.29) is 83.3 Å². The summed E-state index contributed by atoms with van der Waals surface area (Å²) in [5.74, 6) is 1.37. The summed E-state index contributed by atoms with van der Waals surface area (Å²) < 4.78 is 77.1. The zero-order valence-corrected chi connectivity index (χ0v) is 45.5. The van der Waals surface area contributed by atoms with Crippen LogP contribution in [-0.4, -0.2) is 208 Å². The van der Waals surface area contributed by atoms with E-state index in [4.69, 9.17) is 71.4 Å². The number of anilines is 1. The average molecular weight is 1110 g/mol. The Morgan fingerprint density at radius 1 is 0.474 bits per heavy atom. The van der Waals surface area contributed by atoms with Crippen LogP contribution in [-0.2, 0) is 66.5 Å². The molecule has 26 nitrogen and oxygen atoms in total. The molecule has 0 bridgehead atoms. The molecule has 436 valence electrons. The first-order chi connectivity index (χ1) is 38.2. The summed E-state index contributed by atoms with van der Waals surface area (Å²) >= 11 is 0. The summed E-state index contributed by atoms with van der Waals surface area (Å²) in [5.41, 5.74) is 7.01. The Kier molecular flexibility index (Phi) is 37.1. The van der Waals surface area contributed by atoms with Crippen molar-refractivity contribution in [3.8, 4) is 34.4 Å². The van der Waals surface area contributed by atoms with E-state index < -0.39 is 17.9 Å². The molecule has 0 saturated carbocycles. The Labute approximate surface area is 455 Å². The van der Waals surface area contributed by atoms with Crippen LogP contribution in [0.15, 0.2) is 57.4 Å². The van der Waals surface area contributed by atoms with Crippen molar-refractivity contribution in [1.29, 1.82) is 0 Å². The molecule has 2 heterocycles. The van der Waals surface area contributed by atoms with Gasteiger partial charge in [0.1, 0.15) is 36.5 Å². The molecule has 0 fully saturated rings. The molecule has 3 amide bonds. The van der Waals surface area contributed by atoms with E-state index in [2.05, 4.69) is 36.3 Å². The minimum Gasteiger partial charge on any atom is -0.491 e. The molecule has 0 radical (unpaired) electrons. The number of nitrogens with one attached hydrogen (secondary N) is 3. The van der Waals surface area contributed by atoms with Gasteiger partial charge in [-0.1, -0.05) is 18.9 Å². The van der Waals surface area contributed by atoms with Crippen LogP contribution >= 0.6 is 0 Å². The smallest absolute Gasteiger partial charge is 0.313 e. The number of aryl methyl sites for hydroxylation is 1. The van der Waals surface area contributed by atoms with Crippen molar-refractivity contribution in [2.75, 3.05) is 164 Å². The maximum atomic E-state index is 13.1. The second-order valence-corrected chi connectivity index (χ2v) is 16.1. The Balaban J connectivity index is 0.00000790. The SMILES string of the molecule is CC.CC(=O)CCOCCOCCNC(=O)C(CNC(=O)CCOCCOCCOCCOCCOc1ccc(-c2nnc(N)o2)cc1)NC(=O)CCOCCOCCOCCOCCOc1ccc(-c2nnc(C)o2)cc1. The van der Waals surface area contributed by atoms with E-state index in [1.807, 2.05) is 38.1 Å². The lowest BCUT2D eigenvalue weighted by Crippen LogP contribution is -2.53. The third-order valence-electron chi connectivity index (χ3n) is 10.0. The quantitative estimate of drug-likeness (QED) is 0.0462. The number of nitrogens with two attached hydrogens (primary N) is 1. The Hall–Kier alpha value is -6.20. The molecule has 2 aromatic carbocycles. The average Bonchev–Trinajstić information content (AvgIpc) is 4.10. The molecule has 1 unspecified atom stereocenters. The summed E-state index contributed by atoms with van der Waals surface area (Å²) in [6, 6.07) is 13.5. The molecule has 4 aromatic rings. The number of Topliss-reactive ketones (excluding diaryl/α,β-unsaturated/α-hetero) is 1. The van der Waals surface area contributed by atoms with Crippen molar-refractivity contribution in [2.45, 2.75) is 53.0 Å². The Morgan fingerprint density at radius 2 is 0.859 bits per heavy atom. The van der Waals surface area contributed by atoms with Gasteiger partial charge in [-0.3, -0.25) is 19.2 Å². The van der Waals surface area contributed by atoms with E-state index in [1.54, 1.807) is 31.2 Å². The van der Waals surface area contributed by atoms with Crippen molar-refractivity contribution < 1.29 is 84.9 Å². The molecule has 0 aliphatic rings. The van der Waals surface area contributed by atoms with E-state index in [0.29, 0.717) is 141 Å². The fraction of sp³-hybridized carbons (Fsp3) is 0.615. The van der Waals surface area contributed by atoms with Gasteiger partial charge in [0, 0.05) is 50.4 Å². The van der Waals surface area contributed by atoms with Gasteiger partial charge < -0.3 is 87.4 Å². The van der Waals surface area contributed by atoms with Crippen molar-refractivity contribution in [2.24, 2.45) is 0 Å². The largest absolute Gasteiger partial charge is 0.491 e. The highest BCUT2D eigenvalue weighted by molar-refractivity contribution is 5.88. The molecule has 0 aliphatic carbocycles. The second kappa shape index (κ2) is 43.7. The van der Waals surface area contributed by atoms with Crippen LogP contribution in [0.2, 0.25) is 0 Å². The highest BCUT2D eigenvalue weighted by atomic mass is 16.6. The van der Waals surface area contributed by atoms with Crippen LogP contribution in [0.4, 0.5) is 6.01 Å². The summed E-state index contributed by atoms with van der Waals surface area (Å²) in [4.78, 5) is 49.6. The van der Waals surface area contributed by atoms with E-state index in [9.17, 15) is 19.2 Å². The van der Waals surface area contributed by atoms with Gasteiger partial charge in [0.25, 0.3) is 0 Å². The number of nitrogen functional groups attached to an aromatic ring is 1. The molecule has 26 heteroatoms. The zero-order chi connectivity index (χ0) is 56.1. The van der Waals surface area contributed by atoms with Crippen molar-refractivity contribution in [3.63, 3.8) is 0 Å². The molecule has 4 rings (SSSR count). The number of carbonyl (C=O) groups excluding carboxylic acids is 4. The predicted octanol–water partition coefficient (Wildman–Crippen LogP) is 2.80. The minimum absolute atomic E-state index is 0.00325. The summed E-state index contributed by atoms with van der Waals surface area (Å²) in [7, 11) is 0. The first kappa shape index (κ1) is 66.1. The van der Waals surface area contributed by atoms with Crippen molar-refractivity contribution >= 4 is 29.5 Å². The minimum atomic E-state index is -1.07. The number of hydrogen-bond donors (Lipinski definition) is 4. The molecule has 0 aliphatic heterocycles. The number of amides is 3. The normalized spacial score (nSPS) is 11.4. The number of aromatic nitrogens is 4. The monoisotopic (exact) mass is 1100 g/mol. The van der Waals surface area contributed by atoms with Crippen LogP contribution < -0.4 is 31.2 Å². The maximum Gasteiger partial charge on any atom is 0.313 e. The van der Waals surface area contributed by atoms with Gasteiger partial charge in [-0.2, -0.15) is 0 Å². The lowest BCUT2D eigenvalue weighted by molar-refractivity contribution is -0.130. The second-order valence-electron chi connectivity index (χ2n) is 16.1. The number of ketones is 1. The van der Waals surface area contributed by atoms with Crippen LogP contribution in [0.5, 0.6) is 11.5 Å². The van der Waals surface area contributed by atoms with Crippen LogP contribution in [0.25, 0.3) is 22.9 Å². The van der Waals surface area contributed by atoms with Crippen molar-refractivity contribution in [1.82, 2.24) is 36.3 Å². The van der Waals surface area contributed by atoms with Crippen molar-refractivity contribution in [3.05, 3.63) is 54.4 Å². The highest BCUT2D eigenvalue weighted by Crippen LogP contribution is 2.22. The Bertz CT molecular complexity index is 2170. The fourth-order valence-corrected chi connectivity index (χ4v) is 6.13. The number of hydrogen-bond acceptors (Lipinski definition) is 23. The molecule has 0 spiro atoms. The third-order valence-corrected chi connectivity index (χ3v) is 10.0. The van der Waals surface area contributed by atoms with Crippen LogP contribution in [0.3, 0.4) is 0 Å². The molecule has 0 saturated heterocycles. The summed E-state index contributed by atoms with van der Waals surface area (Å²) in [6.07, 6.45) is 0.325. The van der Waals surface area contributed by atoms with Gasteiger partial charge in [-0.15, -0.1) is 15.3 Å². The molecule has 2 aromatic heterocycles. The zero-order valence-electron chi connectivity index (χ0n) is 45.5. The number of rotatable bonds is 47. The standard InChI is InChI=1S/C50H74N8O18.C2H6/c1-38(59)11-15-63-19-22-66-18-14-52-47(62)44(54-46(61)13-17-65-21-24-68-26-28-70-30-31-71-33-35-73-42-7-3-40(4-8-42)48-56-55-39(2)75-48)37-53-45(60)12-16-64-20-23-67-25-27-69-29-32-72-34-36-74-43-9-5-41(6-10-43)49-57-58-50(51)76-49;1-2/h3-10,44H,11-37H2,1-2H3,(H2,51,58)(H,52,62)(H,53,60)(H,54,61);1-2H3. The molecular weight excluding hydrogens is 1020 g/mol. The van der Waals surface area contributed by atoms with Gasteiger partial charge in [-0.05, 0) is 55.5 Å². The maximum absolute atomic E-state index is 13.1. The van der Waals surface area contributed by atoms with E-state index >= 15 is 0 Å². The van der Waals surface area contributed by atoms with Gasteiger partial charge in [-0.25, -0.2) is 0 Å². The molecule has 5 N–H and O–H groups in total. The predicted molar refractivity (Wildman–Crippen MR) is 282 cm³/mol. The van der Waals surface area contributed by atoms with Crippen LogP contribution in [0.1, 0.15) is 45.9 Å². The van der Waals surface area contributed by atoms with Gasteiger partial charge in [0.05, 0.1) is 132 Å². The highest BCUT2D eigenvalue weighted by Gasteiger charge is 2.21. The van der Waals surface area contributed by atoms with Gasteiger partial charge in [0.2, 0.25) is 35.4 Å². The first-order valence-corrected chi connectivity index (χ1v) is 26.1. The van der Waals surface area contributed by atoms with E-state index in [1.165, 1.54) is 6.92 Å². The van der Waals surface area contributed by atoms with Gasteiger partial charge in [0.15, 0.2) is 0 Å². The molecule has 78 heavy (non-hydrogen) atoms. The first-order valence-electron chi connectivity index (χ1n) is 26.1. The molecule has 1 atom stereocenters. The number of benzene rings is 2. The third kappa shape index (κ3) is 32.5. The number of ether oxygens (including phenoxy) is 12. The summed E-state index contributed by atoms with van der Waals surface area (Å²) in [5, 5.41) is 23.4. The lowest BCUT2D eigenvalue weighted by Gasteiger charge is -2.19. The summed E-state index contributed by atoms with van der Waals surface area (Å²) in [6.45, 7) is 14.2. The fourth-order valence-electron chi connectivity index (χ4n) is 6.13. The van der Waals surface area contributed by atoms with E-state index in [0.717, 1.165) is 11.1 Å². The molecular formula is C52H80N8O18. The topological polar surface area (TPSA) is 319 Å². The lowest BCUT2D eigenvalue weighted by atomic mass is 10.2. The van der Waals surface area contributed by atoms with Crippen LogP contribution in [0, 0.1) is 6.92 Å². The number of carbonyl (C=O) groups is 4. The number of nitrogens with zero attached hydrogens (tertiary/aromatic N) is 4. The Morgan fingerprint density at radius 3 is 1.27 bits per heavy atom. The van der Waals surface area contributed by atoms with Gasteiger partial charge >= 0.3 is 6.01 Å².